The number of nitrogens with one attached hydrogen (secondary N) is 2. The second kappa shape index (κ2) is 6.93. The van der Waals surface area contributed by atoms with Crippen LogP contribution in [0.4, 0.5) is 5.69 Å². The lowest BCUT2D eigenvalue weighted by Gasteiger charge is -2.30. The Hall–Kier alpha value is -3.14. The molecule has 0 aliphatic carbocycles. The average Bonchev–Trinajstić information content (AvgIpc) is 3.51. The zero-order valence-corrected chi connectivity index (χ0v) is 18.3. The number of aliphatic hydroxyl groups excluding tert-OH is 1. The number of carbonyl (C=O) groups excluding carboxylic acids is 3. The molecular formula is C23H20ClN3O6. The summed E-state index contributed by atoms with van der Waals surface area (Å²) in [6.07, 6.45) is -0.977. The van der Waals surface area contributed by atoms with Gasteiger partial charge in [0.2, 0.25) is 24.5 Å². The summed E-state index contributed by atoms with van der Waals surface area (Å²) in [5.41, 5.74) is 0.111. The van der Waals surface area contributed by atoms with Crippen LogP contribution in [0.15, 0.2) is 36.4 Å². The number of hydrogen-bond donors (Lipinski definition) is 3. The number of benzene rings is 2. The van der Waals surface area contributed by atoms with Crippen molar-refractivity contribution in [3.05, 3.63) is 52.5 Å². The van der Waals surface area contributed by atoms with E-state index in [2.05, 4.69) is 10.6 Å². The van der Waals surface area contributed by atoms with E-state index in [9.17, 15) is 19.5 Å². The number of imide groups is 1. The predicted molar refractivity (Wildman–Crippen MR) is 115 cm³/mol. The topological polar surface area (TPSA) is 117 Å². The van der Waals surface area contributed by atoms with Gasteiger partial charge in [0.25, 0.3) is 0 Å². The van der Waals surface area contributed by atoms with Crippen molar-refractivity contribution in [1.82, 2.24) is 10.2 Å². The largest absolute Gasteiger partial charge is 0.454 e. The molecule has 0 radical (unpaired) electrons. The summed E-state index contributed by atoms with van der Waals surface area (Å²) in [5.74, 6) is -2.13. The van der Waals surface area contributed by atoms with E-state index < -0.39 is 47.2 Å². The monoisotopic (exact) mass is 469 g/mol. The van der Waals surface area contributed by atoms with Crippen molar-refractivity contribution in [1.29, 1.82) is 0 Å². The van der Waals surface area contributed by atoms with Gasteiger partial charge in [0, 0.05) is 11.6 Å². The van der Waals surface area contributed by atoms with E-state index >= 15 is 0 Å². The fraction of sp³-hybridized carbons (Fsp3) is 0.348. The predicted octanol–water partition coefficient (Wildman–Crippen LogP) is 1.37. The Kier molecular flexibility index (Phi) is 4.30. The van der Waals surface area contributed by atoms with Crippen LogP contribution in [0.2, 0.25) is 5.02 Å². The summed E-state index contributed by atoms with van der Waals surface area (Å²) in [4.78, 5) is 41.7. The van der Waals surface area contributed by atoms with Crippen molar-refractivity contribution in [3.8, 4) is 11.5 Å². The molecular weight excluding hydrogens is 450 g/mol. The molecule has 0 aromatic heterocycles. The van der Waals surface area contributed by atoms with Crippen LogP contribution in [-0.2, 0) is 26.5 Å². The van der Waals surface area contributed by atoms with E-state index in [0.717, 1.165) is 0 Å². The highest BCUT2D eigenvalue weighted by Crippen LogP contribution is 2.54. The van der Waals surface area contributed by atoms with Gasteiger partial charge < -0.3 is 19.9 Å². The summed E-state index contributed by atoms with van der Waals surface area (Å²) in [5, 5.41) is 16.7. The minimum Gasteiger partial charge on any atom is -0.454 e. The SMILES string of the molecule is C[C@H](O)[C@H]1N[C@@]2(C(=O)Nc3c(Cl)cccc32)[C@@H]2C(=O)N(Cc3ccc4c(c3)OCO4)C(=O)[C@H]12. The van der Waals surface area contributed by atoms with Gasteiger partial charge in [0.15, 0.2) is 11.5 Å². The molecule has 2 fully saturated rings. The van der Waals surface area contributed by atoms with Crippen LogP contribution in [0.3, 0.4) is 0 Å². The standard InChI is InChI=1S/C23H20ClN3O6/c1-10(28)18-16-17(23(26-18)12-3-2-4-13(24)19(12)25-22(23)31)21(30)27(20(16)29)8-11-5-6-14-15(7-11)33-9-32-14/h2-7,10,16-18,26,28H,8-9H2,1H3,(H,25,31)/t10-,16-,17-,18+,23+/m0/s1. The lowest BCUT2D eigenvalue weighted by atomic mass is 9.76. The summed E-state index contributed by atoms with van der Waals surface area (Å²) < 4.78 is 10.7. The summed E-state index contributed by atoms with van der Waals surface area (Å²) in [6, 6.07) is 9.49. The summed E-state index contributed by atoms with van der Waals surface area (Å²) in [6.45, 7) is 1.68. The first-order valence-corrected chi connectivity index (χ1v) is 11.0. The molecule has 2 aromatic rings. The molecule has 2 saturated heterocycles. The number of ether oxygens (including phenoxy) is 2. The van der Waals surface area contributed by atoms with Crippen LogP contribution in [0, 0.1) is 11.8 Å². The lowest BCUT2D eigenvalue weighted by molar-refractivity contribution is -0.143. The van der Waals surface area contributed by atoms with Crippen molar-refractivity contribution < 1.29 is 29.0 Å². The molecule has 9 nitrogen and oxygen atoms in total. The molecule has 10 heteroatoms. The number of anilines is 1. The van der Waals surface area contributed by atoms with E-state index in [1.807, 2.05) is 0 Å². The van der Waals surface area contributed by atoms with Gasteiger partial charge >= 0.3 is 0 Å². The maximum atomic E-state index is 13.7. The van der Waals surface area contributed by atoms with Gasteiger partial charge in [-0.3, -0.25) is 24.6 Å². The third-order valence-electron chi connectivity index (χ3n) is 7.02. The third kappa shape index (κ3) is 2.64. The van der Waals surface area contributed by atoms with E-state index in [4.69, 9.17) is 21.1 Å². The van der Waals surface area contributed by atoms with Gasteiger partial charge in [-0.05, 0) is 30.7 Å². The molecule has 5 atom stereocenters. The molecule has 33 heavy (non-hydrogen) atoms. The van der Waals surface area contributed by atoms with Crippen LogP contribution in [-0.4, -0.2) is 46.7 Å². The van der Waals surface area contributed by atoms with Gasteiger partial charge in [0.1, 0.15) is 5.54 Å². The lowest BCUT2D eigenvalue weighted by Crippen LogP contribution is -2.54. The number of halogens is 1. The van der Waals surface area contributed by atoms with Gasteiger partial charge in [-0.25, -0.2) is 0 Å². The molecule has 3 amide bonds. The van der Waals surface area contributed by atoms with Gasteiger partial charge in [-0.2, -0.15) is 0 Å². The maximum Gasteiger partial charge on any atom is 0.250 e. The maximum absolute atomic E-state index is 13.7. The first-order valence-electron chi connectivity index (χ1n) is 10.6. The Morgan fingerprint density at radius 2 is 1.97 bits per heavy atom. The number of aliphatic hydroxyl groups is 1. The minimum atomic E-state index is -1.50. The molecule has 0 unspecified atom stereocenters. The normalized spacial score (nSPS) is 30.1. The van der Waals surface area contributed by atoms with E-state index in [0.29, 0.717) is 33.3 Å². The number of amides is 3. The number of nitrogens with zero attached hydrogens (tertiary/aromatic N) is 1. The fourth-order valence-corrected chi connectivity index (χ4v) is 5.80. The molecule has 4 aliphatic heterocycles. The summed E-state index contributed by atoms with van der Waals surface area (Å²) >= 11 is 6.31. The van der Waals surface area contributed by atoms with Crippen molar-refractivity contribution in [3.63, 3.8) is 0 Å². The number of rotatable bonds is 3. The zero-order chi connectivity index (χ0) is 23.1. The van der Waals surface area contributed by atoms with Crippen molar-refractivity contribution >= 4 is 35.0 Å². The smallest absolute Gasteiger partial charge is 0.250 e. The van der Waals surface area contributed by atoms with Crippen LogP contribution in [0.5, 0.6) is 11.5 Å². The number of carbonyl (C=O) groups is 3. The first kappa shape index (κ1) is 20.5. The Balaban J connectivity index is 1.43. The highest BCUT2D eigenvalue weighted by Gasteiger charge is 2.71. The molecule has 2 aromatic carbocycles. The quantitative estimate of drug-likeness (QED) is 0.581. The minimum absolute atomic E-state index is 0.0218. The Bertz CT molecular complexity index is 1230. The van der Waals surface area contributed by atoms with E-state index in [1.54, 1.807) is 36.4 Å². The molecule has 170 valence electrons. The van der Waals surface area contributed by atoms with Gasteiger partial charge in [-0.15, -0.1) is 0 Å². The number of para-hydroxylation sites is 1. The van der Waals surface area contributed by atoms with Gasteiger partial charge in [-0.1, -0.05) is 29.8 Å². The number of hydrogen-bond acceptors (Lipinski definition) is 7. The van der Waals surface area contributed by atoms with Crippen molar-refractivity contribution in [2.45, 2.75) is 31.2 Å². The van der Waals surface area contributed by atoms with Crippen molar-refractivity contribution in [2.24, 2.45) is 11.8 Å². The van der Waals surface area contributed by atoms with Crippen LogP contribution in [0.25, 0.3) is 0 Å². The Morgan fingerprint density at radius 3 is 2.76 bits per heavy atom. The average molecular weight is 470 g/mol. The molecule has 0 saturated carbocycles. The highest BCUT2D eigenvalue weighted by atomic mass is 35.5. The highest BCUT2D eigenvalue weighted by molar-refractivity contribution is 6.35. The summed E-state index contributed by atoms with van der Waals surface area (Å²) in [7, 11) is 0. The molecule has 3 N–H and O–H groups in total. The first-order chi connectivity index (χ1) is 15.8. The van der Waals surface area contributed by atoms with Gasteiger partial charge in [0.05, 0.1) is 35.2 Å². The van der Waals surface area contributed by atoms with Crippen LogP contribution in [0.1, 0.15) is 18.1 Å². The Labute approximate surface area is 193 Å². The molecule has 1 spiro atoms. The van der Waals surface area contributed by atoms with Crippen molar-refractivity contribution in [2.75, 3.05) is 12.1 Å². The Morgan fingerprint density at radius 1 is 1.18 bits per heavy atom. The van der Waals surface area contributed by atoms with Crippen LogP contribution < -0.4 is 20.1 Å². The molecule has 6 rings (SSSR count). The molecule has 0 bridgehead atoms. The second-order valence-corrected chi connectivity index (χ2v) is 9.20. The van der Waals surface area contributed by atoms with E-state index in [-0.39, 0.29) is 13.3 Å². The zero-order valence-electron chi connectivity index (χ0n) is 17.5. The number of likely N-dealkylation sites (tertiary alicyclic amines) is 1. The molecule has 4 heterocycles. The number of fused-ring (bicyclic) bond motifs is 5. The second-order valence-electron chi connectivity index (χ2n) is 8.79. The van der Waals surface area contributed by atoms with Crippen LogP contribution >= 0.6 is 11.6 Å². The van der Waals surface area contributed by atoms with E-state index in [1.165, 1.54) is 11.8 Å². The fourth-order valence-electron chi connectivity index (χ4n) is 5.58. The third-order valence-corrected chi connectivity index (χ3v) is 7.34. The molecule has 4 aliphatic rings.